The molecule has 1 aliphatic rings. The number of nitrogens with zero attached hydrogens (tertiary/aromatic N) is 1. The van der Waals surface area contributed by atoms with Crippen molar-refractivity contribution in [3.05, 3.63) is 11.6 Å². The summed E-state index contributed by atoms with van der Waals surface area (Å²) in [5, 5.41) is 2.83. The van der Waals surface area contributed by atoms with Gasteiger partial charge >= 0.3 is 6.03 Å². The van der Waals surface area contributed by atoms with Crippen molar-refractivity contribution in [1.82, 2.24) is 10.2 Å². The van der Waals surface area contributed by atoms with Gasteiger partial charge in [-0.3, -0.25) is 4.39 Å². The predicted molar refractivity (Wildman–Crippen MR) is 63.1 cm³/mol. The van der Waals surface area contributed by atoms with Crippen molar-refractivity contribution in [2.45, 2.75) is 26.7 Å². The summed E-state index contributed by atoms with van der Waals surface area (Å²) in [7, 11) is 0. The maximum absolute atomic E-state index is 12.4. The van der Waals surface area contributed by atoms with Gasteiger partial charge in [-0.2, -0.15) is 0 Å². The number of hydrogen-bond acceptors (Lipinski definition) is 1. The number of rotatable bonds is 3. The minimum atomic E-state index is -0.257. The largest absolute Gasteiger partial charge is 0.335 e. The first-order valence-electron chi connectivity index (χ1n) is 5.85. The van der Waals surface area contributed by atoms with Crippen LogP contribution >= 0.6 is 0 Å². The van der Waals surface area contributed by atoms with E-state index in [1.165, 1.54) is 5.57 Å². The first-order chi connectivity index (χ1) is 7.63. The van der Waals surface area contributed by atoms with Crippen molar-refractivity contribution in [3.8, 4) is 0 Å². The number of carbonyl (C=O) groups is 1. The maximum Gasteiger partial charge on any atom is 0.317 e. The quantitative estimate of drug-likeness (QED) is 0.739. The number of allylic oxidation sites excluding steroid dienone is 1. The molecule has 16 heavy (non-hydrogen) atoms. The molecule has 0 aromatic rings. The number of alkyl halides is 1. The number of urea groups is 1. The summed E-state index contributed by atoms with van der Waals surface area (Å²) >= 11 is 0. The molecule has 0 spiro atoms. The Hall–Kier alpha value is -1.06. The van der Waals surface area contributed by atoms with Crippen molar-refractivity contribution in [1.29, 1.82) is 0 Å². The second-order valence-corrected chi connectivity index (χ2v) is 4.55. The fourth-order valence-electron chi connectivity index (χ4n) is 1.74. The molecule has 3 nitrogen and oxygen atoms in total. The fraction of sp³-hybridized carbons (Fsp3) is 0.750. The zero-order valence-corrected chi connectivity index (χ0v) is 10.1. The maximum atomic E-state index is 12.4. The second-order valence-electron chi connectivity index (χ2n) is 4.55. The Labute approximate surface area is 96.7 Å². The van der Waals surface area contributed by atoms with Crippen LogP contribution in [0.25, 0.3) is 0 Å². The third-order valence-corrected chi connectivity index (χ3v) is 2.88. The molecule has 0 atom stereocenters. The molecule has 0 bridgehead atoms. The van der Waals surface area contributed by atoms with Crippen molar-refractivity contribution in [3.63, 3.8) is 0 Å². The van der Waals surface area contributed by atoms with Crippen LogP contribution < -0.4 is 5.32 Å². The molecule has 92 valence electrons. The summed E-state index contributed by atoms with van der Waals surface area (Å²) in [6.07, 6.45) is 3.55. The third kappa shape index (κ3) is 4.21. The monoisotopic (exact) mass is 228 g/mol. The average Bonchev–Trinajstić information content (AvgIpc) is 2.28. The van der Waals surface area contributed by atoms with Gasteiger partial charge in [0, 0.05) is 19.6 Å². The summed E-state index contributed by atoms with van der Waals surface area (Å²) < 4.78 is 12.4. The zero-order valence-electron chi connectivity index (χ0n) is 10.1. The Kier molecular flexibility index (Phi) is 5.29. The van der Waals surface area contributed by atoms with Crippen molar-refractivity contribution < 1.29 is 9.18 Å². The molecule has 0 aliphatic carbocycles. The van der Waals surface area contributed by atoms with E-state index >= 15 is 0 Å². The molecule has 0 aromatic carbocycles. The van der Waals surface area contributed by atoms with Gasteiger partial charge in [-0.25, -0.2) is 4.79 Å². The van der Waals surface area contributed by atoms with Crippen molar-refractivity contribution >= 4 is 6.03 Å². The molecule has 1 saturated heterocycles. The van der Waals surface area contributed by atoms with Gasteiger partial charge < -0.3 is 10.2 Å². The normalized spacial score (nSPS) is 17.1. The lowest BCUT2D eigenvalue weighted by atomic mass is 9.99. The van der Waals surface area contributed by atoms with E-state index < -0.39 is 0 Å². The Morgan fingerprint density at radius 2 is 2.06 bits per heavy atom. The van der Waals surface area contributed by atoms with Crippen LogP contribution in [-0.2, 0) is 0 Å². The van der Waals surface area contributed by atoms with Gasteiger partial charge in [0.1, 0.15) is 0 Å². The molecule has 1 fully saturated rings. The molecule has 0 saturated carbocycles. The fourth-order valence-corrected chi connectivity index (χ4v) is 1.74. The third-order valence-electron chi connectivity index (χ3n) is 2.88. The topological polar surface area (TPSA) is 32.3 Å². The number of piperidine rings is 1. The molecular formula is C12H21FN2O. The van der Waals surface area contributed by atoms with E-state index in [1.54, 1.807) is 4.90 Å². The minimum absolute atomic E-state index is 0.0326. The van der Waals surface area contributed by atoms with Crippen LogP contribution in [0.2, 0.25) is 0 Å². The van der Waals surface area contributed by atoms with Crippen LogP contribution in [-0.4, -0.2) is 37.2 Å². The Balaban J connectivity index is 2.25. The molecule has 1 aliphatic heterocycles. The number of nitrogens with one attached hydrogen (secondary N) is 1. The van der Waals surface area contributed by atoms with E-state index in [-0.39, 0.29) is 18.6 Å². The Bertz CT molecular complexity index is 254. The molecule has 1 heterocycles. The summed E-state index contributed by atoms with van der Waals surface area (Å²) in [4.78, 5) is 13.4. The summed E-state index contributed by atoms with van der Waals surface area (Å²) in [5.41, 5.74) is 1.19. The van der Waals surface area contributed by atoms with Crippen LogP contribution in [0.5, 0.6) is 0 Å². The Morgan fingerprint density at radius 1 is 1.44 bits per heavy atom. The zero-order chi connectivity index (χ0) is 12.0. The standard InChI is InChI=1S/C12H21FN2O/c1-10(2)3-6-14-12(16)15-7-4-11(9-13)5-8-15/h3,11H,4-9H2,1-2H3,(H,14,16). The van der Waals surface area contributed by atoms with Gasteiger partial charge in [0.05, 0.1) is 6.67 Å². The highest BCUT2D eigenvalue weighted by Gasteiger charge is 2.21. The smallest absolute Gasteiger partial charge is 0.317 e. The van der Waals surface area contributed by atoms with Gasteiger partial charge in [0.15, 0.2) is 0 Å². The Morgan fingerprint density at radius 3 is 2.56 bits per heavy atom. The van der Waals surface area contributed by atoms with Gasteiger partial charge in [0.2, 0.25) is 0 Å². The minimum Gasteiger partial charge on any atom is -0.335 e. The highest BCUT2D eigenvalue weighted by molar-refractivity contribution is 5.74. The first kappa shape index (κ1) is 13.0. The number of halogens is 1. The summed E-state index contributed by atoms with van der Waals surface area (Å²) in [5.74, 6) is 0.154. The van der Waals surface area contributed by atoms with E-state index in [0.717, 1.165) is 12.8 Å². The van der Waals surface area contributed by atoms with E-state index in [0.29, 0.717) is 19.6 Å². The highest BCUT2D eigenvalue weighted by atomic mass is 19.1. The van der Waals surface area contributed by atoms with E-state index in [9.17, 15) is 9.18 Å². The first-order valence-corrected chi connectivity index (χ1v) is 5.85. The molecule has 2 amide bonds. The van der Waals surface area contributed by atoms with Gasteiger partial charge in [-0.15, -0.1) is 0 Å². The van der Waals surface area contributed by atoms with Crippen molar-refractivity contribution in [2.75, 3.05) is 26.3 Å². The van der Waals surface area contributed by atoms with E-state index in [4.69, 9.17) is 0 Å². The van der Waals surface area contributed by atoms with Crippen LogP contribution in [0.1, 0.15) is 26.7 Å². The lowest BCUT2D eigenvalue weighted by Gasteiger charge is -2.30. The van der Waals surface area contributed by atoms with E-state index in [1.807, 2.05) is 19.9 Å². The molecule has 0 aromatic heterocycles. The van der Waals surface area contributed by atoms with Gasteiger partial charge in [-0.05, 0) is 32.6 Å². The lowest BCUT2D eigenvalue weighted by molar-refractivity contribution is 0.162. The van der Waals surface area contributed by atoms with Gasteiger partial charge in [-0.1, -0.05) is 11.6 Å². The number of likely N-dealkylation sites (tertiary alicyclic amines) is 1. The molecular weight excluding hydrogens is 207 g/mol. The lowest BCUT2D eigenvalue weighted by Crippen LogP contribution is -2.44. The predicted octanol–water partition coefficient (Wildman–Crippen LogP) is 2.34. The van der Waals surface area contributed by atoms with Crippen molar-refractivity contribution in [2.24, 2.45) is 5.92 Å². The second kappa shape index (κ2) is 6.51. The van der Waals surface area contributed by atoms with Crippen LogP contribution in [0.3, 0.4) is 0 Å². The summed E-state index contributed by atoms with van der Waals surface area (Å²) in [6.45, 7) is 5.67. The molecule has 0 radical (unpaired) electrons. The molecule has 1 N–H and O–H groups in total. The number of amides is 2. The number of carbonyl (C=O) groups excluding carboxylic acids is 1. The van der Waals surface area contributed by atoms with E-state index in [2.05, 4.69) is 5.32 Å². The average molecular weight is 228 g/mol. The summed E-state index contributed by atoms with van der Waals surface area (Å²) in [6, 6.07) is -0.0326. The van der Waals surface area contributed by atoms with Crippen LogP contribution in [0, 0.1) is 5.92 Å². The SMILES string of the molecule is CC(C)=CCNC(=O)N1CCC(CF)CC1. The highest BCUT2D eigenvalue weighted by Crippen LogP contribution is 2.17. The molecule has 4 heteroatoms. The van der Waals surface area contributed by atoms with Crippen LogP contribution in [0.4, 0.5) is 9.18 Å². The number of hydrogen-bond donors (Lipinski definition) is 1. The van der Waals surface area contributed by atoms with Crippen LogP contribution in [0.15, 0.2) is 11.6 Å². The molecule has 1 rings (SSSR count). The van der Waals surface area contributed by atoms with Gasteiger partial charge in [0.25, 0.3) is 0 Å². The molecule has 0 unspecified atom stereocenters.